The third kappa shape index (κ3) is 6.03. The normalized spacial score (nSPS) is 11.5. The van der Waals surface area contributed by atoms with Crippen LogP contribution in [-0.2, 0) is 0 Å². The molecule has 0 heterocycles. The third-order valence-corrected chi connectivity index (χ3v) is 1.73. The fraction of sp³-hybridized carbons (Fsp3) is 0.700. The van der Waals surface area contributed by atoms with E-state index in [1.807, 2.05) is 13.8 Å². The van der Waals surface area contributed by atoms with Crippen LogP contribution in [0, 0.1) is 12.3 Å². The van der Waals surface area contributed by atoms with Crippen molar-refractivity contribution in [2.75, 3.05) is 6.54 Å². The van der Waals surface area contributed by atoms with Crippen LogP contribution >= 0.6 is 0 Å². The molecule has 0 aliphatic carbocycles. The number of rotatable bonds is 5. The first-order chi connectivity index (χ1) is 6.24. The van der Waals surface area contributed by atoms with Crippen molar-refractivity contribution in [2.24, 2.45) is 0 Å². The third-order valence-electron chi connectivity index (χ3n) is 1.73. The van der Waals surface area contributed by atoms with Crippen LogP contribution in [0.25, 0.3) is 0 Å². The molecule has 0 saturated heterocycles. The van der Waals surface area contributed by atoms with Crippen LogP contribution in [0.4, 0.5) is 4.79 Å². The number of hydrogen-bond acceptors (Lipinski definition) is 1. The first-order valence-electron chi connectivity index (χ1n) is 4.72. The highest BCUT2D eigenvalue weighted by molar-refractivity contribution is 5.74. The summed E-state index contributed by atoms with van der Waals surface area (Å²) in [6.45, 7) is 4.72. The van der Waals surface area contributed by atoms with Crippen molar-refractivity contribution in [1.29, 1.82) is 0 Å². The van der Waals surface area contributed by atoms with E-state index in [1.54, 1.807) is 0 Å². The van der Waals surface area contributed by atoms with Crippen molar-refractivity contribution in [3.63, 3.8) is 0 Å². The number of terminal acetylenes is 1. The molecule has 0 rings (SSSR count). The molecule has 74 valence electrons. The zero-order valence-electron chi connectivity index (χ0n) is 8.39. The number of nitrogens with one attached hydrogen (secondary N) is 2. The molecule has 2 amide bonds. The van der Waals surface area contributed by atoms with Gasteiger partial charge in [-0.3, -0.25) is 0 Å². The summed E-state index contributed by atoms with van der Waals surface area (Å²) in [6, 6.07) is -0.0224. The average Bonchev–Trinajstić information content (AvgIpc) is 2.14. The van der Waals surface area contributed by atoms with Gasteiger partial charge in [-0.05, 0) is 12.8 Å². The highest BCUT2D eigenvalue weighted by Crippen LogP contribution is 1.95. The molecule has 0 aliphatic rings. The molecule has 0 saturated carbocycles. The largest absolute Gasteiger partial charge is 0.338 e. The lowest BCUT2D eigenvalue weighted by atomic mass is 10.2. The van der Waals surface area contributed by atoms with Gasteiger partial charge in [-0.2, -0.15) is 0 Å². The van der Waals surface area contributed by atoms with Crippen LogP contribution in [0.3, 0.4) is 0 Å². The van der Waals surface area contributed by atoms with Gasteiger partial charge in [-0.15, -0.1) is 12.3 Å². The zero-order chi connectivity index (χ0) is 10.1. The minimum absolute atomic E-state index is 0.0989. The Kier molecular flexibility index (Phi) is 6.80. The van der Waals surface area contributed by atoms with Gasteiger partial charge in [0, 0.05) is 19.0 Å². The average molecular weight is 182 g/mol. The van der Waals surface area contributed by atoms with Crippen molar-refractivity contribution >= 4 is 6.03 Å². The number of carbonyl (C=O) groups is 1. The first kappa shape index (κ1) is 11.8. The minimum Gasteiger partial charge on any atom is -0.338 e. The maximum atomic E-state index is 11.2. The lowest BCUT2D eigenvalue weighted by Gasteiger charge is -2.14. The molecule has 0 aromatic carbocycles. The minimum atomic E-state index is -0.121. The van der Waals surface area contributed by atoms with Crippen LogP contribution in [0.1, 0.15) is 33.1 Å². The molecule has 0 fully saturated rings. The summed E-state index contributed by atoms with van der Waals surface area (Å²) in [4.78, 5) is 11.2. The summed E-state index contributed by atoms with van der Waals surface area (Å²) >= 11 is 0. The Morgan fingerprint density at radius 2 is 2.23 bits per heavy atom. The van der Waals surface area contributed by atoms with Crippen molar-refractivity contribution in [3.05, 3.63) is 0 Å². The summed E-state index contributed by atoms with van der Waals surface area (Å²) in [5.41, 5.74) is 0. The lowest BCUT2D eigenvalue weighted by molar-refractivity contribution is 0.237. The summed E-state index contributed by atoms with van der Waals surface area (Å²) in [6.07, 6.45) is 7.56. The second kappa shape index (κ2) is 7.48. The quantitative estimate of drug-likeness (QED) is 0.621. The van der Waals surface area contributed by atoms with Gasteiger partial charge >= 0.3 is 6.03 Å². The number of urea groups is 1. The second-order valence-electron chi connectivity index (χ2n) is 2.91. The highest BCUT2D eigenvalue weighted by Gasteiger charge is 2.07. The van der Waals surface area contributed by atoms with E-state index >= 15 is 0 Å². The molecule has 3 heteroatoms. The number of carbonyl (C=O) groups excluding carboxylic acids is 1. The SMILES string of the molecule is C#CCC(CC)NC(=O)NCCC. The Morgan fingerprint density at radius 1 is 1.54 bits per heavy atom. The van der Waals surface area contributed by atoms with Gasteiger partial charge in [-0.1, -0.05) is 13.8 Å². The van der Waals surface area contributed by atoms with Gasteiger partial charge in [0.15, 0.2) is 0 Å². The standard InChI is InChI=1S/C10H18N2O/c1-4-7-9(6-3)12-10(13)11-8-5-2/h1,9H,5-8H2,2-3H3,(H2,11,12,13). The van der Waals surface area contributed by atoms with Gasteiger partial charge in [0.1, 0.15) is 0 Å². The van der Waals surface area contributed by atoms with Crippen LogP contribution < -0.4 is 10.6 Å². The van der Waals surface area contributed by atoms with Gasteiger partial charge in [0.2, 0.25) is 0 Å². The van der Waals surface area contributed by atoms with Crippen LogP contribution in [0.5, 0.6) is 0 Å². The molecule has 0 spiro atoms. The molecular formula is C10H18N2O. The van der Waals surface area contributed by atoms with E-state index in [-0.39, 0.29) is 12.1 Å². The second-order valence-corrected chi connectivity index (χ2v) is 2.91. The first-order valence-corrected chi connectivity index (χ1v) is 4.72. The van der Waals surface area contributed by atoms with Crippen molar-refractivity contribution < 1.29 is 4.79 Å². The van der Waals surface area contributed by atoms with Crippen molar-refractivity contribution in [1.82, 2.24) is 10.6 Å². The fourth-order valence-corrected chi connectivity index (χ4v) is 0.915. The Morgan fingerprint density at radius 3 is 2.69 bits per heavy atom. The monoisotopic (exact) mass is 182 g/mol. The van der Waals surface area contributed by atoms with Gasteiger partial charge in [0.25, 0.3) is 0 Å². The molecule has 0 aliphatic heterocycles. The Labute approximate surface area is 80.3 Å². The van der Waals surface area contributed by atoms with Crippen molar-refractivity contribution in [3.8, 4) is 12.3 Å². The molecule has 1 unspecified atom stereocenters. The van der Waals surface area contributed by atoms with E-state index in [4.69, 9.17) is 6.42 Å². The predicted molar refractivity (Wildman–Crippen MR) is 54.4 cm³/mol. The molecular weight excluding hydrogens is 164 g/mol. The van der Waals surface area contributed by atoms with Crippen molar-refractivity contribution in [2.45, 2.75) is 39.2 Å². The maximum Gasteiger partial charge on any atom is 0.315 e. The maximum absolute atomic E-state index is 11.2. The van der Waals surface area contributed by atoms with E-state index in [1.165, 1.54) is 0 Å². The Bertz CT molecular complexity index is 184. The summed E-state index contributed by atoms with van der Waals surface area (Å²) in [5.74, 6) is 2.54. The molecule has 0 aromatic heterocycles. The summed E-state index contributed by atoms with van der Waals surface area (Å²) in [5, 5.41) is 5.55. The van der Waals surface area contributed by atoms with Crippen LogP contribution in [0.15, 0.2) is 0 Å². The number of amides is 2. The highest BCUT2D eigenvalue weighted by atomic mass is 16.2. The molecule has 0 radical (unpaired) electrons. The van der Waals surface area contributed by atoms with E-state index in [9.17, 15) is 4.79 Å². The van der Waals surface area contributed by atoms with E-state index in [2.05, 4.69) is 16.6 Å². The van der Waals surface area contributed by atoms with Gasteiger partial charge < -0.3 is 10.6 Å². The molecule has 3 nitrogen and oxygen atoms in total. The molecule has 0 bridgehead atoms. The molecule has 0 aromatic rings. The van der Waals surface area contributed by atoms with E-state index < -0.39 is 0 Å². The van der Waals surface area contributed by atoms with Gasteiger partial charge in [0.05, 0.1) is 0 Å². The number of hydrogen-bond donors (Lipinski definition) is 2. The topological polar surface area (TPSA) is 41.1 Å². The molecule has 13 heavy (non-hydrogen) atoms. The molecule has 2 N–H and O–H groups in total. The van der Waals surface area contributed by atoms with Crippen LogP contribution in [0.2, 0.25) is 0 Å². The Balaban J connectivity index is 3.67. The smallest absolute Gasteiger partial charge is 0.315 e. The fourth-order valence-electron chi connectivity index (χ4n) is 0.915. The van der Waals surface area contributed by atoms with Crippen LogP contribution in [-0.4, -0.2) is 18.6 Å². The van der Waals surface area contributed by atoms with Gasteiger partial charge in [-0.25, -0.2) is 4.79 Å². The molecule has 1 atom stereocenters. The predicted octanol–water partition coefficient (Wildman–Crippen LogP) is 1.50. The zero-order valence-corrected chi connectivity index (χ0v) is 8.39. The lowest BCUT2D eigenvalue weighted by Crippen LogP contribution is -2.41. The van der Waals surface area contributed by atoms with E-state index in [0.29, 0.717) is 13.0 Å². The van der Waals surface area contributed by atoms with E-state index in [0.717, 1.165) is 12.8 Å². The summed E-state index contributed by atoms with van der Waals surface area (Å²) in [7, 11) is 0. The summed E-state index contributed by atoms with van der Waals surface area (Å²) < 4.78 is 0. The Hall–Kier alpha value is -1.17.